The summed E-state index contributed by atoms with van der Waals surface area (Å²) in [4.78, 5) is 0. The molecule has 0 aromatic carbocycles. The van der Waals surface area contributed by atoms with Crippen molar-refractivity contribution >= 4 is 12.8 Å². The van der Waals surface area contributed by atoms with Gasteiger partial charge >= 0.3 is 7.12 Å². The molecule has 4 nitrogen and oxygen atoms in total. The third kappa shape index (κ3) is 2.27. The molecule has 5 heteroatoms. The van der Waals surface area contributed by atoms with Crippen molar-refractivity contribution in [1.29, 1.82) is 0 Å². The summed E-state index contributed by atoms with van der Waals surface area (Å²) in [5.41, 5.74) is -0.0597. The normalized spacial score (nSPS) is 22.1. The molecule has 0 amide bonds. The van der Waals surface area contributed by atoms with Gasteiger partial charge in [-0.3, -0.25) is 0 Å². The summed E-state index contributed by atoms with van der Waals surface area (Å²) < 4.78 is 17.3. The van der Waals surface area contributed by atoms with Crippen molar-refractivity contribution in [3.63, 3.8) is 0 Å². The summed E-state index contributed by atoms with van der Waals surface area (Å²) in [5, 5.41) is 8.84. The first-order valence-electron chi connectivity index (χ1n) is 5.91. The van der Waals surface area contributed by atoms with Crippen LogP contribution < -0.4 is 5.66 Å². The van der Waals surface area contributed by atoms with Gasteiger partial charge in [0, 0.05) is 6.42 Å². The number of furan rings is 1. The summed E-state index contributed by atoms with van der Waals surface area (Å²) in [7, 11) is -0.465. The predicted molar refractivity (Wildman–Crippen MR) is 65.2 cm³/mol. The smallest absolute Gasteiger partial charge is 0.470 e. The summed E-state index contributed by atoms with van der Waals surface area (Å²) in [6.45, 7) is 8.10. The third-order valence-corrected chi connectivity index (χ3v) is 3.53. The highest BCUT2D eigenvalue weighted by atomic mass is 16.7. The van der Waals surface area contributed by atoms with Crippen molar-refractivity contribution in [2.24, 2.45) is 0 Å². The van der Waals surface area contributed by atoms with Crippen molar-refractivity contribution in [1.82, 2.24) is 0 Å². The number of aliphatic hydroxyl groups excluding tert-OH is 1. The largest absolute Gasteiger partial charge is 0.532 e. The Morgan fingerprint density at radius 2 is 1.71 bits per heavy atom. The quantitative estimate of drug-likeness (QED) is 0.801. The van der Waals surface area contributed by atoms with Crippen LogP contribution >= 0.6 is 0 Å². The van der Waals surface area contributed by atoms with Crippen LogP contribution in [0.5, 0.6) is 0 Å². The molecule has 1 saturated heterocycles. The topological polar surface area (TPSA) is 51.8 Å². The Bertz CT molecular complexity index is 381. The molecule has 1 aliphatic heterocycles. The van der Waals surface area contributed by atoms with Gasteiger partial charge in [-0.25, -0.2) is 0 Å². The van der Waals surface area contributed by atoms with Gasteiger partial charge in [-0.05, 0) is 39.8 Å². The molecule has 0 saturated carbocycles. The molecule has 0 bridgehead atoms. The summed E-state index contributed by atoms with van der Waals surface area (Å²) in [6, 6.07) is 3.68. The van der Waals surface area contributed by atoms with E-state index in [1.807, 2.05) is 39.8 Å². The number of hydrogen-bond acceptors (Lipinski definition) is 4. The monoisotopic (exact) mass is 238 g/mol. The Morgan fingerprint density at radius 3 is 2.24 bits per heavy atom. The Morgan fingerprint density at radius 1 is 1.12 bits per heavy atom. The van der Waals surface area contributed by atoms with E-state index >= 15 is 0 Å². The first-order valence-corrected chi connectivity index (χ1v) is 5.91. The second-order valence-corrected chi connectivity index (χ2v) is 5.37. The third-order valence-electron chi connectivity index (χ3n) is 3.53. The average molecular weight is 238 g/mol. The summed E-state index contributed by atoms with van der Waals surface area (Å²) in [6.07, 6.45) is 0.513. The Kier molecular flexibility index (Phi) is 3.10. The molecule has 0 radical (unpaired) electrons. The zero-order valence-corrected chi connectivity index (χ0v) is 10.8. The molecule has 17 heavy (non-hydrogen) atoms. The van der Waals surface area contributed by atoms with E-state index in [1.54, 1.807) is 0 Å². The molecule has 1 aliphatic rings. The van der Waals surface area contributed by atoms with Crippen LogP contribution in [-0.2, 0) is 15.7 Å². The second-order valence-electron chi connectivity index (χ2n) is 5.37. The van der Waals surface area contributed by atoms with Gasteiger partial charge in [-0.2, -0.15) is 0 Å². The van der Waals surface area contributed by atoms with Crippen LogP contribution in [0.25, 0.3) is 0 Å². The number of hydrogen-bond donors (Lipinski definition) is 1. The molecule has 0 unspecified atom stereocenters. The minimum atomic E-state index is -0.465. The van der Waals surface area contributed by atoms with E-state index in [1.165, 1.54) is 0 Å². The first-order chi connectivity index (χ1) is 7.86. The van der Waals surface area contributed by atoms with E-state index < -0.39 is 7.12 Å². The lowest BCUT2D eigenvalue weighted by Crippen LogP contribution is -2.41. The van der Waals surface area contributed by atoms with E-state index in [9.17, 15) is 0 Å². The van der Waals surface area contributed by atoms with Gasteiger partial charge in [-0.15, -0.1) is 0 Å². The highest BCUT2D eigenvalue weighted by molar-refractivity contribution is 6.60. The van der Waals surface area contributed by atoms with Crippen molar-refractivity contribution in [2.75, 3.05) is 6.61 Å². The van der Waals surface area contributed by atoms with Gasteiger partial charge in [-0.1, -0.05) is 0 Å². The van der Waals surface area contributed by atoms with Crippen molar-refractivity contribution in [2.45, 2.75) is 45.3 Å². The van der Waals surface area contributed by atoms with E-state index in [2.05, 4.69) is 0 Å². The lowest BCUT2D eigenvalue weighted by molar-refractivity contribution is 0.00578. The van der Waals surface area contributed by atoms with Gasteiger partial charge in [0.1, 0.15) is 11.4 Å². The molecule has 0 aliphatic carbocycles. The van der Waals surface area contributed by atoms with Crippen LogP contribution in [-0.4, -0.2) is 30.0 Å². The van der Waals surface area contributed by atoms with Gasteiger partial charge in [0.25, 0.3) is 0 Å². The predicted octanol–water partition coefficient (Wildman–Crippen LogP) is 1.11. The van der Waals surface area contributed by atoms with Gasteiger partial charge in [0.15, 0.2) is 0 Å². The maximum Gasteiger partial charge on any atom is 0.532 e. The van der Waals surface area contributed by atoms with Gasteiger partial charge in [0.2, 0.25) is 0 Å². The van der Waals surface area contributed by atoms with Crippen LogP contribution in [0.4, 0.5) is 0 Å². The molecule has 1 aromatic heterocycles. The molecule has 94 valence electrons. The summed E-state index contributed by atoms with van der Waals surface area (Å²) >= 11 is 0. The Balaban J connectivity index is 2.14. The molecule has 1 N–H and O–H groups in total. The maximum absolute atomic E-state index is 8.84. The minimum Gasteiger partial charge on any atom is -0.470 e. The number of rotatable bonds is 3. The fourth-order valence-electron chi connectivity index (χ4n) is 1.72. The highest BCUT2D eigenvalue weighted by Gasteiger charge is 2.53. The van der Waals surface area contributed by atoms with E-state index in [4.69, 9.17) is 18.8 Å². The average Bonchev–Trinajstić information content (AvgIpc) is 2.71. The maximum atomic E-state index is 8.84. The van der Waals surface area contributed by atoms with Crippen LogP contribution in [0.1, 0.15) is 33.5 Å². The second kappa shape index (κ2) is 4.16. The minimum absolute atomic E-state index is 0.0797. The van der Waals surface area contributed by atoms with Crippen LogP contribution in [0.2, 0.25) is 0 Å². The Hall–Kier alpha value is -0.775. The summed E-state index contributed by atoms with van der Waals surface area (Å²) in [5.74, 6) is 0.747. The van der Waals surface area contributed by atoms with Crippen molar-refractivity contribution in [3.8, 4) is 0 Å². The molecule has 2 heterocycles. The van der Waals surface area contributed by atoms with Crippen molar-refractivity contribution in [3.05, 3.63) is 17.9 Å². The molecule has 2 rings (SSSR count). The fraction of sp³-hybridized carbons (Fsp3) is 0.667. The molecule has 1 fully saturated rings. The van der Waals surface area contributed by atoms with Crippen LogP contribution in [0, 0.1) is 0 Å². The molecule has 0 atom stereocenters. The SMILES string of the molecule is CC1(C)OB(c2ccc(CCO)o2)OC1(C)C. The zero-order valence-electron chi connectivity index (χ0n) is 10.8. The number of aliphatic hydroxyl groups is 1. The Labute approximate surface area is 102 Å². The standard InChI is InChI=1S/C12H19BO4/c1-11(2)12(3,4)17-13(16-11)10-6-5-9(15-10)7-8-14/h5-6,14H,7-8H2,1-4H3. The molecular weight excluding hydrogens is 219 g/mol. The van der Waals surface area contributed by atoms with E-state index in [0.29, 0.717) is 12.1 Å². The highest BCUT2D eigenvalue weighted by Crippen LogP contribution is 2.36. The lowest BCUT2D eigenvalue weighted by Gasteiger charge is -2.32. The van der Waals surface area contributed by atoms with Gasteiger partial charge in [0.05, 0.1) is 17.8 Å². The first kappa shape index (κ1) is 12.7. The van der Waals surface area contributed by atoms with Gasteiger partial charge < -0.3 is 18.8 Å². The van der Waals surface area contributed by atoms with E-state index in [-0.39, 0.29) is 17.8 Å². The van der Waals surface area contributed by atoms with Crippen LogP contribution in [0.15, 0.2) is 16.5 Å². The fourth-order valence-corrected chi connectivity index (χ4v) is 1.72. The van der Waals surface area contributed by atoms with Crippen LogP contribution in [0.3, 0.4) is 0 Å². The molecule has 1 aromatic rings. The lowest BCUT2D eigenvalue weighted by atomic mass is 9.86. The molecule has 0 spiro atoms. The zero-order chi connectivity index (χ0) is 12.7. The van der Waals surface area contributed by atoms with Crippen molar-refractivity contribution < 1.29 is 18.8 Å². The molecular formula is C12H19BO4. The van der Waals surface area contributed by atoms with E-state index in [0.717, 1.165) is 5.76 Å².